The minimum Gasteiger partial charge on any atom is -0.481 e. The van der Waals surface area contributed by atoms with Crippen LogP contribution in [0.5, 0.6) is 5.75 Å². The van der Waals surface area contributed by atoms with Gasteiger partial charge in [-0.05, 0) is 49.4 Å². The Bertz CT molecular complexity index is 1010. The molecule has 1 N–H and O–H groups in total. The van der Waals surface area contributed by atoms with E-state index in [9.17, 15) is 13.6 Å². The fourth-order valence-corrected chi connectivity index (χ4v) is 3.41. The zero-order chi connectivity index (χ0) is 21.0. The number of nitrogens with one attached hydrogen (secondary N) is 1. The van der Waals surface area contributed by atoms with Crippen LogP contribution in [0.1, 0.15) is 18.9 Å². The molecule has 3 aromatic rings. The Hall–Kier alpha value is -2.65. The molecule has 152 valence electrons. The van der Waals surface area contributed by atoms with Gasteiger partial charge in [-0.15, -0.1) is 10.2 Å². The molecule has 0 bridgehead atoms. The Morgan fingerprint density at radius 3 is 2.59 bits per heavy atom. The van der Waals surface area contributed by atoms with Gasteiger partial charge in [0.15, 0.2) is 17.1 Å². The van der Waals surface area contributed by atoms with E-state index in [-0.39, 0.29) is 22.5 Å². The fourth-order valence-electron chi connectivity index (χ4n) is 2.48. The zero-order valence-electron chi connectivity index (χ0n) is 15.5. The quantitative estimate of drug-likeness (QED) is 0.545. The molecule has 0 aliphatic rings. The van der Waals surface area contributed by atoms with Gasteiger partial charge in [0, 0.05) is 12.7 Å². The molecule has 0 spiro atoms. The molecule has 10 heteroatoms. The summed E-state index contributed by atoms with van der Waals surface area (Å²) in [5, 5.41) is 11.5. The molecule has 1 amide bonds. The molecule has 1 heterocycles. The maximum Gasteiger partial charge on any atom is 0.234 e. The summed E-state index contributed by atoms with van der Waals surface area (Å²) < 4.78 is 33.5. The summed E-state index contributed by atoms with van der Waals surface area (Å²) in [5.41, 5.74) is 0.508. The normalized spacial score (nSPS) is 11.9. The summed E-state index contributed by atoms with van der Waals surface area (Å²) in [6.45, 7) is 1.76. The average molecular weight is 439 g/mol. The highest BCUT2D eigenvalue weighted by Gasteiger charge is 2.19. The molecule has 2 aromatic carbocycles. The highest BCUT2D eigenvalue weighted by molar-refractivity contribution is 7.99. The van der Waals surface area contributed by atoms with Crippen molar-refractivity contribution in [1.29, 1.82) is 0 Å². The number of anilines is 1. The monoisotopic (exact) mass is 438 g/mol. The van der Waals surface area contributed by atoms with Crippen LogP contribution in [0.15, 0.2) is 47.6 Å². The number of carbonyl (C=O) groups is 1. The molecule has 0 fully saturated rings. The first-order valence-electron chi connectivity index (χ1n) is 8.52. The van der Waals surface area contributed by atoms with Gasteiger partial charge >= 0.3 is 0 Å². The predicted molar refractivity (Wildman–Crippen MR) is 107 cm³/mol. The second kappa shape index (κ2) is 9.23. The molecular weight excluding hydrogens is 422 g/mol. The highest BCUT2D eigenvalue weighted by atomic mass is 35.5. The first kappa shape index (κ1) is 21.1. The van der Waals surface area contributed by atoms with Crippen LogP contribution in [0.4, 0.5) is 14.5 Å². The fraction of sp³-hybridized carbons (Fsp3) is 0.211. The van der Waals surface area contributed by atoms with Crippen molar-refractivity contribution in [2.75, 3.05) is 11.1 Å². The topological polar surface area (TPSA) is 69.0 Å². The van der Waals surface area contributed by atoms with Crippen molar-refractivity contribution in [1.82, 2.24) is 14.8 Å². The second-order valence-corrected chi connectivity index (χ2v) is 7.43. The second-order valence-electron chi connectivity index (χ2n) is 6.08. The standard InChI is InChI=1S/C19H17ClF2N4O2S/c1-11(28-16-8-5-13(22)9-15(16)20)18-24-25-19(26(18)2)29-10-17(27)23-14-6-3-12(21)4-7-14/h3-9,11H,10H2,1-2H3,(H,23,27). The lowest BCUT2D eigenvalue weighted by atomic mass is 10.3. The van der Waals surface area contributed by atoms with Gasteiger partial charge in [-0.1, -0.05) is 23.4 Å². The van der Waals surface area contributed by atoms with Crippen LogP contribution in [-0.4, -0.2) is 26.4 Å². The third kappa shape index (κ3) is 5.45. The Labute approximate surface area is 175 Å². The Morgan fingerprint density at radius 1 is 1.21 bits per heavy atom. The van der Waals surface area contributed by atoms with Crippen molar-refractivity contribution in [3.8, 4) is 5.75 Å². The predicted octanol–water partition coefficient (Wildman–Crippen LogP) is 4.62. The lowest BCUT2D eigenvalue weighted by Gasteiger charge is -2.15. The molecule has 1 aromatic heterocycles. The minimum atomic E-state index is -0.502. The van der Waals surface area contributed by atoms with E-state index < -0.39 is 11.9 Å². The summed E-state index contributed by atoms with van der Waals surface area (Å²) in [6.07, 6.45) is -0.502. The van der Waals surface area contributed by atoms with Gasteiger partial charge < -0.3 is 14.6 Å². The largest absolute Gasteiger partial charge is 0.481 e. The lowest BCUT2D eigenvalue weighted by molar-refractivity contribution is -0.113. The van der Waals surface area contributed by atoms with Gasteiger partial charge in [0.05, 0.1) is 10.8 Å². The van der Waals surface area contributed by atoms with Gasteiger partial charge in [-0.2, -0.15) is 0 Å². The zero-order valence-corrected chi connectivity index (χ0v) is 17.1. The van der Waals surface area contributed by atoms with Gasteiger partial charge in [-0.3, -0.25) is 4.79 Å². The van der Waals surface area contributed by atoms with E-state index >= 15 is 0 Å². The first-order valence-corrected chi connectivity index (χ1v) is 9.89. The minimum absolute atomic E-state index is 0.0996. The van der Waals surface area contributed by atoms with Crippen molar-refractivity contribution >= 4 is 35.0 Å². The Kier molecular flexibility index (Phi) is 6.71. The number of ether oxygens (including phenoxy) is 1. The molecule has 29 heavy (non-hydrogen) atoms. The maximum absolute atomic E-state index is 13.2. The van der Waals surface area contributed by atoms with Gasteiger partial charge in [-0.25, -0.2) is 8.78 Å². The number of hydrogen-bond donors (Lipinski definition) is 1. The summed E-state index contributed by atoms with van der Waals surface area (Å²) in [7, 11) is 1.75. The molecular formula is C19H17ClF2N4O2S. The molecule has 0 saturated carbocycles. The van der Waals surface area contributed by atoms with Gasteiger partial charge in [0.1, 0.15) is 17.4 Å². The van der Waals surface area contributed by atoms with E-state index in [1.165, 1.54) is 54.2 Å². The molecule has 1 atom stereocenters. The first-order chi connectivity index (χ1) is 13.8. The average Bonchev–Trinajstić information content (AvgIpc) is 3.05. The summed E-state index contributed by atoms with van der Waals surface area (Å²) in [4.78, 5) is 12.1. The van der Waals surface area contributed by atoms with Crippen molar-refractivity contribution in [2.45, 2.75) is 18.2 Å². The van der Waals surface area contributed by atoms with Crippen LogP contribution < -0.4 is 10.1 Å². The van der Waals surface area contributed by atoms with Crippen molar-refractivity contribution < 1.29 is 18.3 Å². The smallest absolute Gasteiger partial charge is 0.234 e. The SMILES string of the molecule is CC(Oc1ccc(F)cc1Cl)c1nnc(SCC(=O)Nc2ccc(F)cc2)n1C. The number of hydrogen-bond acceptors (Lipinski definition) is 5. The molecule has 3 rings (SSSR count). The van der Waals surface area contributed by atoms with Crippen LogP contribution >= 0.6 is 23.4 Å². The number of amides is 1. The molecule has 0 saturated heterocycles. The molecule has 1 unspecified atom stereocenters. The molecule has 6 nitrogen and oxygen atoms in total. The molecule has 0 aliphatic heterocycles. The maximum atomic E-state index is 13.2. The number of aromatic nitrogens is 3. The van der Waals surface area contributed by atoms with Crippen LogP contribution in [-0.2, 0) is 11.8 Å². The van der Waals surface area contributed by atoms with E-state index in [0.717, 1.165) is 0 Å². The number of carbonyl (C=O) groups excluding carboxylic acids is 1. The van der Waals surface area contributed by atoms with Crippen LogP contribution in [0.3, 0.4) is 0 Å². The lowest BCUT2D eigenvalue weighted by Crippen LogP contribution is -2.15. The van der Waals surface area contributed by atoms with E-state index in [4.69, 9.17) is 16.3 Å². The van der Waals surface area contributed by atoms with Crippen LogP contribution in [0.2, 0.25) is 5.02 Å². The Balaban J connectivity index is 1.59. The van der Waals surface area contributed by atoms with E-state index in [2.05, 4.69) is 15.5 Å². The molecule has 0 aliphatic carbocycles. The number of rotatable bonds is 7. The number of nitrogens with zero attached hydrogens (tertiary/aromatic N) is 3. The van der Waals surface area contributed by atoms with Crippen molar-refractivity contribution in [3.05, 3.63) is 64.9 Å². The van der Waals surface area contributed by atoms with E-state index in [1.54, 1.807) is 18.5 Å². The van der Waals surface area contributed by atoms with E-state index in [0.29, 0.717) is 22.4 Å². The van der Waals surface area contributed by atoms with Crippen LogP contribution in [0, 0.1) is 11.6 Å². The van der Waals surface area contributed by atoms with Crippen molar-refractivity contribution in [3.63, 3.8) is 0 Å². The van der Waals surface area contributed by atoms with E-state index in [1.807, 2.05) is 0 Å². The number of halogens is 3. The summed E-state index contributed by atoms with van der Waals surface area (Å²) in [5.74, 6) is -0.132. The highest BCUT2D eigenvalue weighted by Crippen LogP contribution is 2.30. The van der Waals surface area contributed by atoms with Gasteiger partial charge in [0.2, 0.25) is 5.91 Å². The third-order valence-corrected chi connectivity index (χ3v) is 5.21. The van der Waals surface area contributed by atoms with Gasteiger partial charge in [0.25, 0.3) is 0 Å². The third-order valence-electron chi connectivity index (χ3n) is 3.89. The van der Waals surface area contributed by atoms with Crippen LogP contribution in [0.25, 0.3) is 0 Å². The number of thioether (sulfide) groups is 1. The number of benzene rings is 2. The summed E-state index contributed by atoms with van der Waals surface area (Å²) in [6, 6.07) is 9.38. The Morgan fingerprint density at radius 2 is 1.90 bits per heavy atom. The molecule has 0 radical (unpaired) electrons. The van der Waals surface area contributed by atoms with Crippen molar-refractivity contribution in [2.24, 2.45) is 7.05 Å². The summed E-state index contributed by atoms with van der Waals surface area (Å²) >= 11 is 7.19.